The molecule has 0 atom stereocenters. The van der Waals surface area contributed by atoms with Gasteiger partial charge in [-0.05, 0) is 49.0 Å². The number of likely N-dealkylation sites (N-methyl/N-ethyl adjacent to an activating group) is 1. The molecule has 1 aliphatic heterocycles. The van der Waals surface area contributed by atoms with Gasteiger partial charge in [0.25, 0.3) is 0 Å². The second kappa shape index (κ2) is 8.28. The maximum Gasteiger partial charge on any atom is 0.146 e. The zero-order valence-corrected chi connectivity index (χ0v) is 17.3. The van der Waals surface area contributed by atoms with Crippen LogP contribution < -0.4 is 10.2 Å². The van der Waals surface area contributed by atoms with Gasteiger partial charge in [0.05, 0.1) is 11.2 Å². The lowest BCUT2D eigenvalue weighted by molar-refractivity contribution is 0.312. The van der Waals surface area contributed by atoms with Gasteiger partial charge in [-0.2, -0.15) is 0 Å². The summed E-state index contributed by atoms with van der Waals surface area (Å²) in [4.78, 5) is 18.1. The molecule has 0 amide bonds. The Morgan fingerprint density at radius 3 is 2.45 bits per heavy atom. The number of halogens is 1. The standard InChI is InChI=1S/C24H23FN6/c1-30-10-12-31(13-11-30)23-9-7-18(15-26-23)17-6-8-19-22(14-17)27-16-28-24(19)29-21-5-3-2-4-20(21)25/h2-9,14-16H,10-13H2,1H3,(H,27,28,29). The van der Waals surface area contributed by atoms with Crippen molar-refractivity contribution in [2.75, 3.05) is 43.4 Å². The average molecular weight is 414 g/mol. The molecule has 1 fully saturated rings. The number of nitrogens with zero attached hydrogens (tertiary/aromatic N) is 5. The minimum atomic E-state index is -0.322. The zero-order chi connectivity index (χ0) is 21.2. The van der Waals surface area contributed by atoms with Gasteiger partial charge in [0, 0.05) is 43.3 Å². The number of anilines is 3. The summed E-state index contributed by atoms with van der Waals surface area (Å²) >= 11 is 0. The van der Waals surface area contributed by atoms with E-state index >= 15 is 0 Å². The Hall–Kier alpha value is -3.58. The van der Waals surface area contributed by atoms with Crippen LogP contribution in [0.25, 0.3) is 22.0 Å². The number of rotatable bonds is 4. The summed E-state index contributed by atoms with van der Waals surface area (Å²) in [6.45, 7) is 4.09. The van der Waals surface area contributed by atoms with E-state index in [0.717, 1.165) is 54.0 Å². The van der Waals surface area contributed by atoms with Crippen LogP contribution in [0.5, 0.6) is 0 Å². The predicted molar refractivity (Wildman–Crippen MR) is 122 cm³/mol. The summed E-state index contributed by atoms with van der Waals surface area (Å²) in [5.41, 5.74) is 3.23. The van der Waals surface area contributed by atoms with E-state index in [2.05, 4.69) is 49.2 Å². The topological polar surface area (TPSA) is 57.2 Å². The Kier molecular flexibility index (Phi) is 5.18. The van der Waals surface area contributed by atoms with Gasteiger partial charge in [0.1, 0.15) is 23.8 Å². The van der Waals surface area contributed by atoms with E-state index in [1.54, 1.807) is 18.2 Å². The summed E-state index contributed by atoms with van der Waals surface area (Å²) in [7, 11) is 2.15. The van der Waals surface area contributed by atoms with E-state index < -0.39 is 0 Å². The van der Waals surface area contributed by atoms with Crippen LogP contribution in [0.2, 0.25) is 0 Å². The molecule has 2 aromatic carbocycles. The molecule has 0 spiro atoms. The first-order valence-corrected chi connectivity index (χ1v) is 10.3. The van der Waals surface area contributed by atoms with Crippen molar-refractivity contribution in [1.82, 2.24) is 19.9 Å². The minimum Gasteiger partial charge on any atom is -0.354 e. The van der Waals surface area contributed by atoms with Crippen LogP contribution in [0.3, 0.4) is 0 Å². The highest BCUT2D eigenvalue weighted by Gasteiger charge is 2.15. The third-order valence-corrected chi connectivity index (χ3v) is 5.67. The van der Waals surface area contributed by atoms with Crippen molar-refractivity contribution < 1.29 is 4.39 Å². The van der Waals surface area contributed by atoms with Crippen LogP contribution in [0.15, 0.2) is 67.1 Å². The van der Waals surface area contributed by atoms with E-state index in [1.807, 2.05) is 24.4 Å². The van der Waals surface area contributed by atoms with Gasteiger partial charge in [-0.3, -0.25) is 0 Å². The van der Waals surface area contributed by atoms with E-state index in [1.165, 1.54) is 12.4 Å². The second-order valence-electron chi connectivity index (χ2n) is 7.75. The monoisotopic (exact) mass is 414 g/mol. The summed E-state index contributed by atoms with van der Waals surface area (Å²) in [6.07, 6.45) is 3.40. The Bertz CT molecular complexity index is 1200. The van der Waals surface area contributed by atoms with Gasteiger partial charge in [-0.15, -0.1) is 0 Å². The molecule has 1 aliphatic rings. The summed E-state index contributed by atoms with van der Waals surface area (Å²) < 4.78 is 14.0. The second-order valence-corrected chi connectivity index (χ2v) is 7.75. The molecule has 0 bridgehead atoms. The predicted octanol–water partition coefficient (Wildman–Crippen LogP) is 4.33. The van der Waals surface area contributed by atoms with Crippen molar-refractivity contribution in [3.63, 3.8) is 0 Å². The van der Waals surface area contributed by atoms with Crippen LogP contribution in [0, 0.1) is 5.82 Å². The first-order valence-electron chi connectivity index (χ1n) is 10.3. The zero-order valence-electron chi connectivity index (χ0n) is 17.3. The van der Waals surface area contributed by atoms with E-state index in [4.69, 9.17) is 0 Å². The maximum absolute atomic E-state index is 14.0. The fraction of sp³-hybridized carbons (Fsp3) is 0.208. The molecule has 0 radical (unpaired) electrons. The number of nitrogens with one attached hydrogen (secondary N) is 1. The van der Waals surface area contributed by atoms with E-state index in [9.17, 15) is 4.39 Å². The molecule has 156 valence electrons. The molecule has 5 rings (SSSR count). The minimum absolute atomic E-state index is 0.322. The number of aromatic nitrogens is 3. The van der Waals surface area contributed by atoms with Gasteiger partial charge >= 0.3 is 0 Å². The highest BCUT2D eigenvalue weighted by molar-refractivity contribution is 5.93. The fourth-order valence-corrected chi connectivity index (χ4v) is 3.81. The third-order valence-electron chi connectivity index (χ3n) is 5.67. The highest BCUT2D eigenvalue weighted by Crippen LogP contribution is 2.29. The van der Waals surface area contributed by atoms with Gasteiger partial charge in [0.15, 0.2) is 0 Å². The van der Waals surface area contributed by atoms with Crippen molar-refractivity contribution in [3.05, 3.63) is 72.9 Å². The first-order chi connectivity index (χ1) is 15.2. The van der Waals surface area contributed by atoms with Gasteiger partial charge in [0.2, 0.25) is 0 Å². The van der Waals surface area contributed by atoms with Crippen molar-refractivity contribution in [2.24, 2.45) is 0 Å². The largest absolute Gasteiger partial charge is 0.354 e. The Balaban J connectivity index is 1.41. The van der Waals surface area contributed by atoms with Crippen molar-refractivity contribution in [3.8, 4) is 11.1 Å². The van der Waals surface area contributed by atoms with Crippen LogP contribution >= 0.6 is 0 Å². The fourth-order valence-electron chi connectivity index (χ4n) is 3.81. The number of benzene rings is 2. The number of fused-ring (bicyclic) bond motifs is 1. The molecule has 1 saturated heterocycles. The molecule has 7 heteroatoms. The number of para-hydroxylation sites is 1. The summed E-state index contributed by atoms with van der Waals surface area (Å²) in [5, 5.41) is 3.90. The average Bonchev–Trinajstić information content (AvgIpc) is 2.81. The van der Waals surface area contributed by atoms with Crippen molar-refractivity contribution >= 4 is 28.2 Å². The van der Waals surface area contributed by atoms with Crippen LogP contribution in [-0.2, 0) is 0 Å². The number of hydrogen-bond acceptors (Lipinski definition) is 6. The Morgan fingerprint density at radius 1 is 0.871 bits per heavy atom. The SMILES string of the molecule is CN1CCN(c2ccc(-c3ccc4c(Nc5ccccc5F)ncnc4c3)cn2)CC1. The molecule has 6 nitrogen and oxygen atoms in total. The lowest BCUT2D eigenvalue weighted by Crippen LogP contribution is -2.44. The van der Waals surface area contributed by atoms with E-state index in [-0.39, 0.29) is 5.82 Å². The van der Waals surface area contributed by atoms with Crippen LogP contribution in [0.1, 0.15) is 0 Å². The molecular weight excluding hydrogens is 391 g/mol. The molecule has 31 heavy (non-hydrogen) atoms. The Labute approximate surface area is 180 Å². The normalized spacial score (nSPS) is 14.7. The van der Waals surface area contributed by atoms with Crippen molar-refractivity contribution in [1.29, 1.82) is 0 Å². The summed E-state index contributed by atoms with van der Waals surface area (Å²) in [6, 6.07) is 16.7. The number of piperazine rings is 1. The molecule has 0 unspecified atom stereocenters. The van der Waals surface area contributed by atoms with Crippen LogP contribution in [-0.4, -0.2) is 53.1 Å². The summed E-state index contributed by atoms with van der Waals surface area (Å²) in [5.74, 6) is 1.26. The quantitative estimate of drug-likeness (QED) is 0.537. The van der Waals surface area contributed by atoms with E-state index in [0.29, 0.717) is 11.5 Å². The lowest BCUT2D eigenvalue weighted by Gasteiger charge is -2.33. The van der Waals surface area contributed by atoms with Crippen LogP contribution in [0.4, 0.5) is 21.7 Å². The molecule has 2 aromatic heterocycles. The lowest BCUT2D eigenvalue weighted by atomic mass is 10.1. The van der Waals surface area contributed by atoms with Gasteiger partial charge < -0.3 is 15.1 Å². The molecule has 4 aromatic rings. The number of hydrogen-bond donors (Lipinski definition) is 1. The smallest absolute Gasteiger partial charge is 0.146 e. The van der Waals surface area contributed by atoms with Gasteiger partial charge in [-0.25, -0.2) is 19.3 Å². The van der Waals surface area contributed by atoms with Crippen molar-refractivity contribution in [2.45, 2.75) is 0 Å². The Morgan fingerprint density at radius 2 is 1.68 bits per heavy atom. The molecule has 0 aliphatic carbocycles. The molecule has 0 saturated carbocycles. The molecular formula is C24H23FN6. The first kappa shape index (κ1) is 19.4. The highest BCUT2D eigenvalue weighted by atomic mass is 19.1. The third kappa shape index (κ3) is 4.04. The van der Waals surface area contributed by atoms with Gasteiger partial charge in [-0.1, -0.05) is 18.2 Å². The number of pyridine rings is 1. The molecule has 1 N–H and O–H groups in total. The molecule has 3 heterocycles. The maximum atomic E-state index is 14.0.